The van der Waals surface area contributed by atoms with E-state index in [0.29, 0.717) is 5.92 Å². The lowest BCUT2D eigenvalue weighted by atomic mass is 9.99. The normalized spacial score (nSPS) is 16.1. The van der Waals surface area contributed by atoms with Gasteiger partial charge in [-0.1, -0.05) is 20.8 Å². The molecule has 0 radical (unpaired) electrons. The van der Waals surface area contributed by atoms with Gasteiger partial charge in [0.15, 0.2) is 0 Å². The largest absolute Gasteiger partial charge is 0.179 e. The molecule has 0 nitrogen and oxygen atoms in total. The molecule has 0 aromatic heterocycles. The van der Waals surface area contributed by atoms with Crippen molar-refractivity contribution in [2.75, 3.05) is 5.75 Å². The zero-order chi connectivity index (χ0) is 6.78. The zero-order valence-corrected chi connectivity index (χ0v) is 7.47. The molecule has 1 atom stereocenters. The van der Waals surface area contributed by atoms with Crippen LogP contribution in [-0.2, 0) is 0 Å². The second-order valence-electron chi connectivity index (χ2n) is 2.74. The minimum Gasteiger partial charge on any atom is -0.179 e. The highest BCUT2D eigenvalue weighted by atomic mass is 32.1. The van der Waals surface area contributed by atoms with Crippen molar-refractivity contribution in [1.29, 1.82) is 0 Å². The minimum atomic E-state index is 0.127. The van der Waals surface area contributed by atoms with Gasteiger partial charge in [0, 0.05) is 4.75 Å². The molecule has 1 unspecified atom stereocenters. The Morgan fingerprint density at radius 1 is 1.50 bits per heavy atom. The topological polar surface area (TPSA) is 0 Å². The van der Waals surface area contributed by atoms with E-state index in [1.54, 1.807) is 0 Å². The molecule has 0 aliphatic carbocycles. The predicted octanol–water partition coefficient (Wildman–Crippen LogP) is 2.26. The number of thiol groups is 2. The van der Waals surface area contributed by atoms with Crippen LogP contribution < -0.4 is 0 Å². The third-order valence-corrected chi connectivity index (χ3v) is 2.47. The molecule has 0 aliphatic rings. The number of hydrogen-bond donors (Lipinski definition) is 2. The van der Waals surface area contributed by atoms with E-state index in [9.17, 15) is 0 Å². The van der Waals surface area contributed by atoms with E-state index in [1.165, 1.54) is 0 Å². The van der Waals surface area contributed by atoms with Crippen molar-refractivity contribution in [3.63, 3.8) is 0 Å². The summed E-state index contributed by atoms with van der Waals surface area (Å²) in [6, 6.07) is 0. The molecule has 0 aromatic carbocycles. The van der Waals surface area contributed by atoms with Crippen LogP contribution in [0.15, 0.2) is 0 Å². The van der Waals surface area contributed by atoms with Crippen LogP contribution >= 0.6 is 25.3 Å². The van der Waals surface area contributed by atoms with Crippen molar-refractivity contribution in [2.45, 2.75) is 25.5 Å². The van der Waals surface area contributed by atoms with Gasteiger partial charge in [0.25, 0.3) is 0 Å². The van der Waals surface area contributed by atoms with Gasteiger partial charge in [-0.15, -0.1) is 0 Å². The standard InChI is InChI=1S/C6H14S2/c1-5(4-7)6(2,3)8/h5,7-8H,4H2,1-3H3. The lowest BCUT2D eigenvalue weighted by Crippen LogP contribution is -2.22. The van der Waals surface area contributed by atoms with E-state index in [0.717, 1.165) is 5.75 Å². The van der Waals surface area contributed by atoms with Crippen LogP contribution in [0.25, 0.3) is 0 Å². The summed E-state index contributed by atoms with van der Waals surface area (Å²) in [5.41, 5.74) is 0. The fourth-order valence-corrected chi connectivity index (χ4v) is 0.915. The molecule has 0 rings (SSSR count). The van der Waals surface area contributed by atoms with Gasteiger partial charge in [0.05, 0.1) is 0 Å². The second kappa shape index (κ2) is 3.02. The third kappa shape index (κ3) is 2.88. The Kier molecular flexibility index (Phi) is 3.28. The van der Waals surface area contributed by atoms with Crippen molar-refractivity contribution < 1.29 is 0 Å². The maximum atomic E-state index is 4.38. The molecule has 0 aromatic rings. The van der Waals surface area contributed by atoms with Gasteiger partial charge in [0.1, 0.15) is 0 Å². The molecule has 0 saturated heterocycles. The molecule has 0 fully saturated rings. The van der Waals surface area contributed by atoms with E-state index in [1.807, 2.05) is 0 Å². The van der Waals surface area contributed by atoms with Crippen molar-refractivity contribution in [1.82, 2.24) is 0 Å². The molecule has 8 heavy (non-hydrogen) atoms. The van der Waals surface area contributed by atoms with Crippen LogP contribution in [0.4, 0.5) is 0 Å². The first kappa shape index (κ1) is 8.70. The fourth-order valence-electron chi connectivity index (χ4n) is 0.223. The first-order valence-corrected chi connectivity index (χ1v) is 3.89. The van der Waals surface area contributed by atoms with Crippen LogP contribution in [0.5, 0.6) is 0 Å². The molecule has 0 N–H and O–H groups in total. The van der Waals surface area contributed by atoms with E-state index in [4.69, 9.17) is 0 Å². The van der Waals surface area contributed by atoms with Crippen LogP contribution in [0, 0.1) is 5.92 Å². The third-order valence-electron chi connectivity index (χ3n) is 1.48. The summed E-state index contributed by atoms with van der Waals surface area (Å²) in [6.07, 6.45) is 0. The van der Waals surface area contributed by atoms with Crippen LogP contribution in [0.3, 0.4) is 0 Å². The smallest absolute Gasteiger partial charge is 0.0106 e. The molecular formula is C6H14S2. The van der Waals surface area contributed by atoms with E-state index in [2.05, 4.69) is 46.0 Å². The number of rotatable bonds is 2. The van der Waals surface area contributed by atoms with E-state index in [-0.39, 0.29) is 4.75 Å². The Balaban J connectivity index is 3.62. The summed E-state index contributed by atoms with van der Waals surface area (Å²) >= 11 is 8.54. The van der Waals surface area contributed by atoms with Crippen LogP contribution in [0.2, 0.25) is 0 Å². The van der Waals surface area contributed by atoms with E-state index >= 15 is 0 Å². The Morgan fingerprint density at radius 3 is 1.88 bits per heavy atom. The average Bonchev–Trinajstić information content (AvgIpc) is 1.62. The highest BCUT2D eigenvalue weighted by molar-refractivity contribution is 7.82. The summed E-state index contributed by atoms with van der Waals surface area (Å²) in [7, 11) is 0. The summed E-state index contributed by atoms with van der Waals surface area (Å²) in [4.78, 5) is 0. The summed E-state index contributed by atoms with van der Waals surface area (Å²) in [6.45, 7) is 6.37. The molecule has 50 valence electrons. The monoisotopic (exact) mass is 150 g/mol. The minimum absolute atomic E-state index is 0.127. The lowest BCUT2D eigenvalue weighted by molar-refractivity contribution is 0.517. The molecular weight excluding hydrogens is 136 g/mol. The number of hydrogen-bond acceptors (Lipinski definition) is 2. The molecule has 0 bridgehead atoms. The van der Waals surface area contributed by atoms with E-state index < -0.39 is 0 Å². The molecule has 0 amide bonds. The van der Waals surface area contributed by atoms with Crippen molar-refractivity contribution in [3.8, 4) is 0 Å². The fraction of sp³-hybridized carbons (Fsp3) is 1.00. The molecule has 0 saturated carbocycles. The van der Waals surface area contributed by atoms with Gasteiger partial charge in [-0.05, 0) is 11.7 Å². The van der Waals surface area contributed by atoms with Crippen molar-refractivity contribution in [2.24, 2.45) is 5.92 Å². The Labute approximate surface area is 62.9 Å². The van der Waals surface area contributed by atoms with Crippen LogP contribution in [-0.4, -0.2) is 10.5 Å². The van der Waals surface area contributed by atoms with Gasteiger partial charge in [-0.2, -0.15) is 25.3 Å². The van der Waals surface area contributed by atoms with Gasteiger partial charge in [-0.25, -0.2) is 0 Å². The first-order valence-electron chi connectivity index (χ1n) is 2.81. The summed E-state index contributed by atoms with van der Waals surface area (Å²) < 4.78 is 0.127. The van der Waals surface area contributed by atoms with Gasteiger partial charge in [-0.3, -0.25) is 0 Å². The van der Waals surface area contributed by atoms with Crippen LogP contribution in [0.1, 0.15) is 20.8 Å². The highest BCUT2D eigenvalue weighted by Crippen LogP contribution is 2.23. The Bertz CT molecular complexity index is 63.4. The first-order chi connectivity index (χ1) is 3.48. The molecule has 0 heterocycles. The predicted molar refractivity (Wildman–Crippen MR) is 46.1 cm³/mol. The zero-order valence-electron chi connectivity index (χ0n) is 5.68. The quantitative estimate of drug-likeness (QED) is 0.554. The maximum absolute atomic E-state index is 4.38. The summed E-state index contributed by atoms with van der Waals surface area (Å²) in [5.74, 6) is 1.49. The van der Waals surface area contributed by atoms with Crippen molar-refractivity contribution in [3.05, 3.63) is 0 Å². The maximum Gasteiger partial charge on any atom is 0.0106 e. The molecule has 0 spiro atoms. The van der Waals surface area contributed by atoms with Gasteiger partial charge < -0.3 is 0 Å². The summed E-state index contributed by atoms with van der Waals surface area (Å²) in [5, 5.41) is 0. The molecule has 0 aliphatic heterocycles. The Morgan fingerprint density at radius 2 is 1.88 bits per heavy atom. The molecule has 2 heteroatoms. The highest BCUT2D eigenvalue weighted by Gasteiger charge is 2.18. The second-order valence-corrected chi connectivity index (χ2v) is 4.26. The average molecular weight is 150 g/mol. The lowest BCUT2D eigenvalue weighted by Gasteiger charge is -2.23. The Hall–Kier alpha value is 0.700. The SMILES string of the molecule is CC(CS)C(C)(C)S. The van der Waals surface area contributed by atoms with Gasteiger partial charge in [0.2, 0.25) is 0 Å². The van der Waals surface area contributed by atoms with Gasteiger partial charge >= 0.3 is 0 Å². The van der Waals surface area contributed by atoms with Crippen molar-refractivity contribution >= 4 is 25.3 Å².